The zero-order valence-corrected chi connectivity index (χ0v) is 20.0. The highest BCUT2D eigenvalue weighted by atomic mass is 79.9. The van der Waals surface area contributed by atoms with E-state index in [2.05, 4.69) is 134 Å². The number of alkyl halides is 4. The van der Waals surface area contributed by atoms with Gasteiger partial charge in [0.15, 0.2) is 0 Å². The maximum absolute atomic E-state index is 3.76. The lowest BCUT2D eigenvalue weighted by atomic mass is 10.9. The maximum Gasteiger partial charge on any atom is 0.123 e. The SMILES string of the molecule is BrCC12SC3(CBr)SC(CBr)(S1)SC(CBr)(S2)S3. The smallest absolute Gasteiger partial charge is 0.103 e. The van der Waals surface area contributed by atoms with Crippen molar-refractivity contribution in [3.05, 3.63) is 0 Å². The Hall–Kier alpha value is 4.02. The molecule has 4 saturated heterocycles. The van der Waals surface area contributed by atoms with Crippen LogP contribution in [0.15, 0.2) is 0 Å². The van der Waals surface area contributed by atoms with E-state index in [0.29, 0.717) is 0 Å². The third kappa shape index (κ3) is 2.68. The molecule has 4 fully saturated rings. The van der Waals surface area contributed by atoms with Gasteiger partial charge in [-0.1, -0.05) is 63.7 Å². The molecular weight excluding hydrogens is 608 g/mol. The molecule has 4 aliphatic rings. The van der Waals surface area contributed by atoms with Crippen LogP contribution in [0.25, 0.3) is 0 Å². The van der Waals surface area contributed by atoms with Gasteiger partial charge in [0.2, 0.25) is 0 Å². The van der Waals surface area contributed by atoms with Crippen molar-refractivity contribution in [3.8, 4) is 0 Å². The Morgan fingerprint density at radius 2 is 0.611 bits per heavy atom. The van der Waals surface area contributed by atoms with Crippen LogP contribution in [0.5, 0.6) is 0 Å². The molecular formula is C8H8Br4S6. The van der Waals surface area contributed by atoms with E-state index in [4.69, 9.17) is 0 Å². The van der Waals surface area contributed by atoms with Gasteiger partial charge in [-0.05, 0) is 0 Å². The molecule has 0 aromatic rings. The molecule has 0 saturated carbocycles. The molecule has 0 amide bonds. The van der Waals surface area contributed by atoms with E-state index in [1.54, 1.807) is 0 Å². The van der Waals surface area contributed by atoms with Crippen molar-refractivity contribution in [3.63, 3.8) is 0 Å². The van der Waals surface area contributed by atoms with Crippen LogP contribution < -0.4 is 0 Å². The molecule has 0 spiro atoms. The fourth-order valence-electron chi connectivity index (χ4n) is 2.00. The molecule has 0 atom stereocenters. The topological polar surface area (TPSA) is 0 Å². The first-order valence-corrected chi connectivity index (χ1v) is 14.3. The molecule has 0 aromatic carbocycles. The first kappa shape index (κ1) is 16.9. The van der Waals surface area contributed by atoms with E-state index in [-0.39, 0.29) is 13.6 Å². The second-order valence-corrected chi connectivity index (χ2v) is 18.8. The largest absolute Gasteiger partial charge is 0.123 e. The lowest BCUT2D eigenvalue weighted by molar-refractivity contribution is 1.13. The van der Waals surface area contributed by atoms with Crippen LogP contribution in [0.3, 0.4) is 0 Å². The highest BCUT2D eigenvalue weighted by Gasteiger charge is 2.71. The van der Waals surface area contributed by atoms with Crippen molar-refractivity contribution in [1.82, 2.24) is 0 Å². The number of hydrogen-bond donors (Lipinski definition) is 0. The van der Waals surface area contributed by atoms with E-state index < -0.39 is 0 Å². The van der Waals surface area contributed by atoms with E-state index in [9.17, 15) is 0 Å². The second-order valence-electron chi connectivity index (χ2n) is 3.88. The summed E-state index contributed by atoms with van der Waals surface area (Å²) in [4.78, 5) is 0. The molecule has 0 aromatic heterocycles. The molecule has 10 heteroatoms. The predicted molar refractivity (Wildman–Crippen MR) is 112 cm³/mol. The van der Waals surface area contributed by atoms with Crippen LogP contribution in [0.1, 0.15) is 0 Å². The van der Waals surface area contributed by atoms with Crippen LogP contribution in [0.2, 0.25) is 0 Å². The van der Waals surface area contributed by atoms with Crippen molar-refractivity contribution in [2.24, 2.45) is 0 Å². The third-order valence-corrected chi connectivity index (χ3v) is 21.8. The van der Waals surface area contributed by atoms with Gasteiger partial charge in [-0.25, -0.2) is 0 Å². The van der Waals surface area contributed by atoms with Crippen LogP contribution >= 0.6 is 134 Å². The Balaban J connectivity index is 2.06. The Kier molecular flexibility index (Phi) is 5.46. The summed E-state index contributed by atoms with van der Waals surface area (Å²) in [5.74, 6) is 0. The molecule has 0 unspecified atom stereocenters. The predicted octanol–water partition coefficient (Wildman–Crippen LogP) is 6.62. The van der Waals surface area contributed by atoms with Crippen LogP contribution in [-0.2, 0) is 0 Å². The van der Waals surface area contributed by atoms with Crippen molar-refractivity contribution < 1.29 is 0 Å². The molecule has 4 bridgehead atoms. The number of halogens is 4. The Bertz CT molecular complexity index is 264. The molecule has 0 radical (unpaired) electrons. The van der Waals surface area contributed by atoms with E-state index in [1.807, 2.05) is 0 Å². The van der Waals surface area contributed by atoms with E-state index in [1.165, 1.54) is 0 Å². The molecule has 0 aliphatic carbocycles. The van der Waals surface area contributed by atoms with Crippen LogP contribution in [0.4, 0.5) is 0 Å². The summed E-state index contributed by atoms with van der Waals surface area (Å²) in [5, 5.41) is 4.17. The fourth-order valence-corrected chi connectivity index (χ4v) is 25.7. The molecule has 0 nitrogen and oxygen atoms in total. The molecule has 104 valence electrons. The number of rotatable bonds is 4. The Labute approximate surface area is 166 Å². The summed E-state index contributed by atoms with van der Waals surface area (Å²) in [6.45, 7) is 0. The minimum atomic E-state index is 0.247. The lowest BCUT2D eigenvalue weighted by Crippen LogP contribution is -2.56. The van der Waals surface area contributed by atoms with E-state index >= 15 is 0 Å². The number of thioether (sulfide) groups is 6. The van der Waals surface area contributed by atoms with Crippen molar-refractivity contribution in [2.75, 3.05) is 21.3 Å². The Morgan fingerprint density at radius 3 is 0.722 bits per heavy atom. The van der Waals surface area contributed by atoms with Crippen molar-refractivity contribution in [2.45, 2.75) is 13.6 Å². The average Bonchev–Trinajstić information content (AvgIpc) is 2.37. The van der Waals surface area contributed by atoms with Crippen LogP contribution in [0, 0.1) is 0 Å². The minimum Gasteiger partial charge on any atom is -0.103 e. The summed E-state index contributed by atoms with van der Waals surface area (Å²) in [6.07, 6.45) is 0. The standard InChI is InChI=1S/C8H8Br4S6/c9-1-5-13-6(2-10)16-7(3-11,14-5)18-8(4-12,15-5)17-6/h1-4H2. The van der Waals surface area contributed by atoms with Crippen molar-refractivity contribution >= 4 is 134 Å². The van der Waals surface area contributed by atoms with Gasteiger partial charge in [-0.15, -0.1) is 70.6 Å². The van der Waals surface area contributed by atoms with E-state index in [0.717, 1.165) is 21.3 Å². The van der Waals surface area contributed by atoms with Gasteiger partial charge in [0.25, 0.3) is 0 Å². The Morgan fingerprint density at radius 1 is 0.444 bits per heavy atom. The quantitative estimate of drug-likeness (QED) is 0.324. The molecule has 4 heterocycles. The zero-order valence-electron chi connectivity index (χ0n) is 8.79. The third-order valence-electron chi connectivity index (χ3n) is 2.52. The summed E-state index contributed by atoms with van der Waals surface area (Å²) < 4.78 is 0.988. The average molecular weight is 616 g/mol. The summed E-state index contributed by atoms with van der Waals surface area (Å²) in [6, 6.07) is 0. The van der Waals surface area contributed by atoms with Crippen LogP contribution in [-0.4, -0.2) is 35.0 Å². The van der Waals surface area contributed by atoms with Gasteiger partial charge in [0, 0.05) is 21.3 Å². The molecule has 4 aliphatic heterocycles. The normalized spacial score (nSPS) is 54.0. The first-order chi connectivity index (χ1) is 8.49. The molecule has 4 rings (SSSR count). The van der Waals surface area contributed by atoms with Gasteiger partial charge in [0.1, 0.15) is 13.6 Å². The molecule has 0 N–H and O–H groups in total. The van der Waals surface area contributed by atoms with Gasteiger partial charge >= 0.3 is 0 Å². The number of hydrogen-bond acceptors (Lipinski definition) is 6. The highest BCUT2D eigenvalue weighted by Crippen LogP contribution is 2.89. The lowest BCUT2D eigenvalue weighted by Gasteiger charge is -2.66. The second kappa shape index (κ2) is 5.83. The highest BCUT2D eigenvalue weighted by molar-refractivity contribution is 9.10. The molecule has 18 heavy (non-hydrogen) atoms. The fraction of sp³-hybridized carbons (Fsp3) is 1.00. The summed E-state index contributed by atoms with van der Waals surface area (Å²) in [7, 11) is 0. The zero-order chi connectivity index (χ0) is 13.1. The monoisotopic (exact) mass is 612 g/mol. The summed E-state index contributed by atoms with van der Waals surface area (Å²) >= 11 is 27.8. The first-order valence-electron chi connectivity index (χ1n) is 4.93. The van der Waals surface area contributed by atoms with Gasteiger partial charge in [-0.2, -0.15) is 0 Å². The van der Waals surface area contributed by atoms with Gasteiger partial charge < -0.3 is 0 Å². The maximum atomic E-state index is 3.76. The summed E-state index contributed by atoms with van der Waals surface area (Å²) in [5.41, 5.74) is 0. The minimum absolute atomic E-state index is 0.247. The van der Waals surface area contributed by atoms with Crippen molar-refractivity contribution in [1.29, 1.82) is 0 Å². The van der Waals surface area contributed by atoms with Gasteiger partial charge in [-0.3, -0.25) is 0 Å². The van der Waals surface area contributed by atoms with Gasteiger partial charge in [0.05, 0.1) is 0 Å².